The molecule has 5 heteroatoms. The minimum absolute atomic E-state index is 0. The molecule has 0 aliphatic rings. The minimum atomic E-state index is -2.29. The van der Waals surface area contributed by atoms with Crippen LogP contribution in [-0.2, 0) is 32.9 Å². The van der Waals surface area contributed by atoms with Crippen molar-refractivity contribution >= 4 is 22.1 Å². The third-order valence-electron chi connectivity index (χ3n) is 7.58. The predicted molar refractivity (Wildman–Crippen MR) is 184 cm³/mol. The largest absolute Gasteiger partial charge is 0.486 e. The van der Waals surface area contributed by atoms with E-state index in [-0.39, 0.29) is 31.4 Å². The maximum Gasteiger partial charge on any atom is 0.216 e. The molecular weight excluding hydrogens is 743 g/mol. The smallest absolute Gasteiger partial charge is 0.216 e. The van der Waals surface area contributed by atoms with Crippen LogP contribution in [0, 0.1) is 38.7 Å². The summed E-state index contributed by atoms with van der Waals surface area (Å²) in [7, 11) is 0. The van der Waals surface area contributed by atoms with Gasteiger partial charge in [0.1, 0.15) is 0 Å². The van der Waals surface area contributed by atoms with Crippen molar-refractivity contribution in [2.24, 2.45) is 5.92 Å². The van der Waals surface area contributed by atoms with E-state index in [4.69, 9.17) is 12.6 Å². The number of nitrogens with zero attached hydrogens (tertiary/aromatic N) is 3. The standard InChI is InChI=1S/C29H27N2O.C12H10N.Ir/c1-18(2)14-21-9-11-22(12-10-21)15-23-16-27(30-17-19(23)3)26-7-5-6-24-25-13-8-20(4)31-29(25)32-28(24)26;1-10-7-8-12(13-9-10)11-5-3-2-4-6-11;/h5-6,8-13,16-18H,14-15H2,1-4H3;2-5,7-9H,1H3;/q2*-1;/i4D3;1D3;. The van der Waals surface area contributed by atoms with Gasteiger partial charge in [0.15, 0.2) is 0 Å². The van der Waals surface area contributed by atoms with Gasteiger partial charge in [-0.3, -0.25) is 0 Å². The first-order valence-corrected chi connectivity index (χ1v) is 15.0. The number of aromatic nitrogens is 3. The third-order valence-corrected chi connectivity index (χ3v) is 7.58. The Kier molecular flexibility index (Phi) is 8.26. The van der Waals surface area contributed by atoms with E-state index in [9.17, 15) is 0 Å². The maximum atomic E-state index is 7.65. The van der Waals surface area contributed by atoms with Crippen LogP contribution in [0.2, 0.25) is 0 Å². The third kappa shape index (κ3) is 7.67. The number of pyridine rings is 3. The summed E-state index contributed by atoms with van der Waals surface area (Å²) < 4.78 is 50.7. The molecule has 46 heavy (non-hydrogen) atoms. The Balaban J connectivity index is 0.000000258. The van der Waals surface area contributed by atoms with Gasteiger partial charge in [-0.1, -0.05) is 67.3 Å². The summed E-state index contributed by atoms with van der Waals surface area (Å²) in [4.78, 5) is 13.1. The van der Waals surface area contributed by atoms with Crippen LogP contribution in [0.1, 0.15) is 55.6 Å². The number of hydrogen-bond acceptors (Lipinski definition) is 4. The van der Waals surface area contributed by atoms with Gasteiger partial charge in [0.25, 0.3) is 0 Å². The van der Waals surface area contributed by atoms with Crippen LogP contribution >= 0.6 is 0 Å². The second-order valence-corrected chi connectivity index (χ2v) is 11.5. The van der Waals surface area contributed by atoms with E-state index < -0.39 is 13.7 Å². The van der Waals surface area contributed by atoms with E-state index in [1.165, 1.54) is 29.0 Å². The van der Waals surface area contributed by atoms with Gasteiger partial charge in [0.05, 0.1) is 5.58 Å². The number of rotatable bonds is 6. The van der Waals surface area contributed by atoms with Crippen molar-refractivity contribution in [3.63, 3.8) is 0 Å². The topological polar surface area (TPSA) is 51.8 Å². The zero-order valence-corrected chi connectivity index (χ0v) is 28.3. The summed E-state index contributed by atoms with van der Waals surface area (Å²) in [5, 5.41) is 1.64. The fourth-order valence-electron chi connectivity index (χ4n) is 5.30. The van der Waals surface area contributed by atoms with E-state index in [1.807, 2.05) is 36.5 Å². The van der Waals surface area contributed by atoms with Crippen molar-refractivity contribution < 1.29 is 32.7 Å². The molecule has 0 atom stereocenters. The fraction of sp³-hybridized carbons (Fsp3) is 0.195. The average molecular weight is 786 g/mol. The molecule has 3 aromatic carbocycles. The van der Waals surface area contributed by atoms with Crippen molar-refractivity contribution in [3.8, 4) is 22.5 Å². The van der Waals surface area contributed by atoms with Crippen LogP contribution in [0.15, 0.2) is 108 Å². The predicted octanol–water partition coefficient (Wildman–Crippen LogP) is 10.1. The Hall–Kier alpha value is -4.44. The zero-order valence-electron chi connectivity index (χ0n) is 31.9. The molecule has 7 rings (SSSR count). The van der Waals surface area contributed by atoms with E-state index >= 15 is 0 Å². The summed E-state index contributed by atoms with van der Waals surface area (Å²) in [5.74, 6) is 0.637. The quantitative estimate of drug-likeness (QED) is 0.158. The summed E-state index contributed by atoms with van der Waals surface area (Å²) in [5.41, 5.74) is 9.22. The molecule has 0 bridgehead atoms. The molecular formula is C41H37IrN3O-2. The molecule has 0 saturated carbocycles. The first kappa shape index (κ1) is 25.7. The second kappa shape index (κ2) is 14.8. The molecule has 0 aliphatic heterocycles. The minimum Gasteiger partial charge on any atom is -0.486 e. The Labute approximate surface area is 293 Å². The number of hydrogen-bond donors (Lipinski definition) is 0. The van der Waals surface area contributed by atoms with Crippen molar-refractivity contribution in [1.82, 2.24) is 15.0 Å². The molecule has 4 aromatic heterocycles. The Morgan fingerprint density at radius 3 is 2.35 bits per heavy atom. The average Bonchev–Trinajstić information content (AvgIpc) is 3.48. The summed E-state index contributed by atoms with van der Waals surface area (Å²) >= 11 is 0. The van der Waals surface area contributed by atoms with Crippen LogP contribution in [0.25, 0.3) is 44.6 Å². The SMILES string of the molecule is [2H]C([2H])([2H])c1ccc(-c2[c-]cccc2)nc1.[2H]C([2H])([2H])c1ccc2c(n1)oc1c(-c3cc(Cc4ccc(CC(C)C)cc4)c(C)cn3)[c-]ccc12.[Ir]. The van der Waals surface area contributed by atoms with Crippen LogP contribution in [0.3, 0.4) is 0 Å². The normalized spacial score (nSPS) is 13.4. The second-order valence-electron chi connectivity index (χ2n) is 11.5. The van der Waals surface area contributed by atoms with Crippen LogP contribution in [-0.4, -0.2) is 15.0 Å². The first-order valence-electron chi connectivity index (χ1n) is 18.0. The first-order chi connectivity index (χ1) is 24.3. The molecule has 0 fully saturated rings. The molecule has 0 N–H and O–H groups in total. The molecule has 4 heterocycles. The van der Waals surface area contributed by atoms with E-state index in [2.05, 4.69) is 78.2 Å². The zero-order chi connectivity index (χ0) is 36.3. The monoisotopic (exact) mass is 786 g/mol. The van der Waals surface area contributed by atoms with Crippen molar-refractivity contribution in [2.75, 3.05) is 0 Å². The van der Waals surface area contributed by atoms with Crippen molar-refractivity contribution in [2.45, 2.75) is 47.3 Å². The van der Waals surface area contributed by atoms with Crippen molar-refractivity contribution in [3.05, 3.63) is 149 Å². The molecule has 233 valence electrons. The molecule has 0 spiro atoms. The van der Waals surface area contributed by atoms with Gasteiger partial charge in [0.2, 0.25) is 5.71 Å². The number of furan rings is 1. The Morgan fingerprint density at radius 1 is 0.804 bits per heavy atom. The molecule has 1 radical (unpaired) electrons. The van der Waals surface area contributed by atoms with E-state index in [1.54, 1.807) is 24.3 Å². The number of fused-ring (bicyclic) bond motifs is 3. The van der Waals surface area contributed by atoms with Crippen LogP contribution in [0.4, 0.5) is 0 Å². The number of benzene rings is 3. The molecule has 0 amide bonds. The summed E-state index contributed by atoms with van der Waals surface area (Å²) in [6, 6.07) is 35.1. The van der Waals surface area contributed by atoms with Crippen LogP contribution in [0.5, 0.6) is 0 Å². The van der Waals surface area contributed by atoms with Gasteiger partial charge < -0.3 is 14.4 Å². The van der Waals surface area contributed by atoms with E-state index in [0.29, 0.717) is 17.2 Å². The number of aryl methyl sites for hydroxylation is 3. The van der Waals surface area contributed by atoms with Gasteiger partial charge >= 0.3 is 0 Å². The van der Waals surface area contributed by atoms with Crippen LogP contribution < -0.4 is 0 Å². The molecule has 0 aliphatic carbocycles. The molecule has 4 nitrogen and oxygen atoms in total. The summed E-state index contributed by atoms with van der Waals surface area (Å²) in [6.07, 6.45) is 5.17. The maximum absolute atomic E-state index is 7.65. The van der Waals surface area contributed by atoms with Crippen molar-refractivity contribution in [1.29, 1.82) is 0 Å². The van der Waals surface area contributed by atoms with Gasteiger partial charge in [-0.25, -0.2) is 4.98 Å². The van der Waals surface area contributed by atoms with E-state index in [0.717, 1.165) is 51.7 Å². The summed E-state index contributed by atoms with van der Waals surface area (Å²) in [6.45, 7) is 2.16. The molecule has 7 aromatic rings. The van der Waals surface area contributed by atoms with Gasteiger partial charge in [-0.15, -0.1) is 54.1 Å². The van der Waals surface area contributed by atoms with Gasteiger partial charge in [0, 0.05) is 51.8 Å². The molecule has 0 unspecified atom stereocenters. The fourth-order valence-corrected chi connectivity index (χ4v) is 5.30. The molecule has 0 saturated heterocycles. The van der Waals surface area contributed by atoms with Gasteiger partial charge in [-0.05, 0) is 90.7 Å². The Morgan fingerprint density at radius 2 is 1.63 bits per heavy atom. The Bertz CT molecular complexity index is 2260. The van der Waals surface area contributed by atoms with Gasteiger partial charge in [-0.2, -0.15) is 0 Å².